The highest BCUT2D eigenvalue weighted by Gasteiger charge is 2.33. The number of aromatic nitrogens is 3. The maximum absolute atomic E-state index is 12.7. The van der Waals surface area contributed by atoms with Crippen LogP contribution in [0.3, 0.4) is 0 Å². The molecule has 0 aliphatic carbocycles. The van der Waals surface area contributed by atoms with Crippen LogP contribution in [0.15, 0.2) is 24.3 Å². The zero-order valence-corrected chi connectivity index (χ0v) is 15.3. The van der Waals surface area contributed by atoms with Gasteiger partial charge in [-0.05, 0) is 25.8 Å². The van der Waals surface area contributed by atoms with Crippen LogP contribution >= 0.6 is 0 Å². The first-order chi connectivity index (χ1) is 12.7. The SMILES string of the molecule is CCC(CC)(CC(=O)O)NC(=O)c1nnn(-c2cccc([N+](=O)[O-])c2)c1C. The number of carboxylic acids is 1. The standard InChI is InChI=1S/C17H21N5O5/c1-4-17(5-2,10-14(23)24)18-16(25)15-11(3)21(20-19-15)12-7-6-8-13(9-12)22(26)27/h6-9H,4-5,10H2,1-3H3,(H,18,25)(H,23,24). The fourth-order valence-corrected chi connectivity index (χ4v) is 2.83. The molecular formula is C17H21N5O5. The molecule has 0 atom stereocenters. The Morgan fingerprint density at radius 2 is 2.00 bits per heavy atom. The molecule has 10 heteroatoms. The molecule has 1 aromatic carbocycles. The Balaban J connectivity index is 2.33. The Labute approximate surface area is 155 Å². The van der Waals surface area contributed by atoms with Gasteiger partial charge in [-0.1, -0.05) is 25.1 Å². The van der Waals surface area contributed by atoms with Gasteiger partial charge < -0.3 is 10.4 Å². The van der Waals surface area contributed by atoms with Gasteiger partial charge in [-0.3, -0.25) is 19.7 Å². The third kappa shape index (κ3) is 4.27. The molecule has 2 aromatic rings. The summed E-state index contributed by atoms with van der Waals surface area (Å²) in [6, 6.07) is 5.81. The highest BCUT2D eigenvalue weighted by molar-refractivity contribution is 5.94. The van der Waals surface area contributed by atoms with E-state index in [2.05, 4.69) is 15.6 Å². The lowest BCUT2D eigenvalue weighted by atomic mass is 9.88. The van der Waals surface area contributed by atoms with Gasteiger partial charge in [0.2, 0.25) is 0 Å². The maximum atomic E-state index is 12.7. The third-order valence-electron chi connectivity index (χ3n) is 4.62. The number of carboxylic acid groups (broad SMARTS) is 1. The van der Waals surface area contributed by atoms with E-state index in [4.69, 9.17) is 5.11 Å². The number of aliphatic carboxylic acids is 1. The highest BCUT2D eigenvalue weighted by Crippen LogP contribution is 2.22. The van der Waals surface area contributed by atoms with Crippen molar-refractivity contribution in [3.63, 3.8) is 0 Å². The first kappa shape index (κ1) is 20.0. The van der Waals surface area contributed by atoms with Crippen molar-refractivity contribution >= 4 is 17.6 Å². The number of amides is 1. The van der Waals surface area contributed by atoms with Crippen molar-refractivity contribution in [3.05, 3.63) is 45.8 Å². The molecule has 1 amide bonds. The summed E-state index contributed by atoms with van der Waals surface area (Å²) in [5.41, 5.74) is -0.158. The number of nitrogens with zero attached hydrogens (tertiary/aromatic N) is 4. The van der Waals surface area contributed by atoms with Crippen LogP contribution in [0.2, 0.25) is 0 Å². The van der Waals surface area contributed by atoms with Gasteiger partial charge in [0.15, 0.2) is 5.69 Å². The average Bonchev–Trinajstić information content (AvgIpc) is 3.02. The van der Waals surface area contributed by atoms with E-state index in [0.717, 1.165) is 0 Å². The first-order valence-electron chi connectivity index (χ1n) is 8.44. The number of hydrogen-bond acceptors (Lipinski definition) is 6. The van der Waals surface area contributed by atoms with E-state index in [1.807, 2.05) is 0 Å². The van der Waals surface area contributed by atoms with E-state index in [9.17, 15) is 19.7 Å². The van der Waals surface area contributed by atoms with Gasteiger partial charge in [0, 0.05) is 12.1 Å². The number of benzene rings is 1. The number of nitro benzene ring substituents is 1. The summed E-state index contributed by atoms with van der Waals surface area (Å²) in [4.78, 5) is 34.2. The predicted octanol–water partition coefficient (Wildman–Crippen LogP) is 2.25. The number of carbonyl (C=O) groups excluding carboxylic acids is 1. The van der Waals surface area contributed by atoms with Crippen LogP contribution in [0.25, 0.3) is 5.69 Å². The minimum atomic E-state index is -1.00. The Hall–Kier alpha value is -3.30. The molecule has 144 valence electrons. The monoisotopic (exact) mass is 375 g/mol. The van der Waals surface area contributed by atoms with Crippen LogP contribution in [0.5, 0.6) is 0 Å². The molecule has 10 nitrogen and oxygen atoms in total. The molecule has 0 spiro atoms. The van der Waals surface area contributed by atoms with Crippen LogP contribution in [-0.2, 0) is 4.79 Å². The average molecular weight is 375 g/mol. The molecule has 0 aliphatic rings. The van der Waals surface area contributed by atoms with Crippen LogP contribution in [0, 0.1) is 17.0 Å². The lowest BCUT2D eigenvalue weighted by Gasteiger charge is -2.31. The van der Waals surface area contributed by atoms with E-state index >= 15 is 0 Å². The second-order valence-electron chi connectivity index (χ2n) is 6.22. The zero-order valence-electron chi connectivity index (χ0n) is 15.3. The topological polar surface area (TPSA) is 140 Å². The van der Waals surface area contributed by atoms with Gasteiger partial charge in [0.25, 0.3) is 11.6 Å². The van der Waals surface area contributed by atoms with E-state index in [1.54, 1.807) is 26.8 Å². The molecule has 2 N–H and O–H groups in total. The van der Waals surface area contributed by atoms with E-state index in [1.165, 1.54) is 22.9 Å². The van der Waals surface area contributed by atoms with Crippen LogP contribution < -0.4 is 5.32 Å². The lowest BCUT2D eigenvalue weighted by molar-refractivity contribution is -0.384. The number of hydrogen-bond donors (Lipinski definition) is 2. The molecule has 0 aliphatic heterocycles. The summed E-state index contributed by atoms with van der Waals surface area (Å²) in [6.45, 7) is 5.23. The van der Waals surface area contributed by atoms with Crippen molar-refractivity contribution < 1.29 is 19.6 Å². The van der Waals surface area contributed by atoms with Crippen molar-refractivity contribution in [1.82, 2.24) is 20.3 Å². The highest BCUT2D eigenvalue weighted by atomic mass is 16.6. The molecule has 0 fully saturated rings. The Morgan fingerprint density at radius 1 is 1.33 bits per heavy atom. The quantitative estimate of drug-likeness (QED) is 0.532. The Kier molecular flexibility index (Phi) is 5.88. The smallest absolute Gasteiger partial charge is 0.305 e. The van der Waals surface area contributed by atoms with E-state index in [0.29, 0.717) is 24.2 Å². The molecule has 1 aromatic heterocycles. The van der Waals surface area contributed by atoms with Crippen LogP contribution in [-0.4, -0.2) is 42.4 Å². The fraction of sp³-hybridized carbons (Fsp3) is 0.412. The molecule has 0 saturated heterocycles. The lowest BCUT2D eigenvalue weighted by Crippen LogP contribution is -2.49. The molecule has 0 radical (unpaired) electrons. The minimum absolute atomic E-state index is 0.0400. The van der Waals surface area contributed by atoms with Crippen molar-refractivity contribution in [2.45, 2.75) is 45.6 Å². The third-order valence-corrected chi connectivity index (χ3v) is 4.62. The summed E-state index contributed by atoms with van der Waals surface area (Å²) >= 11 is 0. The van der Waals surface area contributed by atoms with Gasteiger partial charge in [-0.2, -0.15) is 0 Å². The fourth-order valence-electron chi connectivity index (χ4n) is 2.83. The molecule has 27 heavy (non-hydrogen) atoms. The van der Waals surface area contributed by atoms with Gasteiger partial charge in [0.05, 0.1) is 28.3 Å². The van der Waals surface area contributed by atoms with Gasteiger partial charge in [-0.15, -0.1) is 5.10 Å². The van der Waals surface area contributed by atoms with Gasteiger partial charge >= 0.3 is 5.97 Å². The van der Waals surface area contributed by atoms with Crippen molar-refractivity contribution in [2.75, 3.05) is 0 Å². The van der Waals surface area contributed by atoms with Gasteiger partial charge in [-0.25, -0.2) is 4.68 Å². The molecular weight excluding hydrogens is 354 g/mol. The Morgan fingerprint density at radius 3 is 2.56 bits per heavy atom. The summed E-state index contributed by atoms with van der Waals surface area (Å²) in [6.07, 6.45) is 0.684. The van der Waals surface area contributed by atoms with Crippen LogP contribution in [0.4, 0.5) is 5.69 Å². The zero-order chi connectivity index (χ0) is 20.2. The van der Waals surface area contributed by atoms with Crippen molar-refractivity contribution in [3.8, 4) is 5.69 Å². The van der Waals surface area contributed by atoms with Gasteiger partial charge in [0.1, 0.15) is 0 Å². The number of carbonyl (C=O) groups is 2. The van der Waals surface area contributed by atoms with Crippen molar-refractivity contribution in [1.29, 1.82) is 0 Å². The number of nitrogens with one attached hydrogen (secondary N) is 1. The van der Waals surface area contributed by atoms with E-state index < -0.39 is 22.3 Å². The molecule has 0 bridgehead atoms. The molecule has 0 saturated carbocycles. The summed E-state index contributed by atoms with van der Waals surface area (Å²) in [5, 5.41) is 30.6. The second-order valence-corrected chi connectivity index (χ2v) is 6.22. The van der Waals surface area contributed by atoms with E-state index in [-0.39, 0.29) is 17.8 Å². The number of nitro groups is 1. The summed E-state index contributed by atoms with van der Waals surface area (Å²) in [7, 11) is 0. The molecule has 1 heterocycles. The number of non-ortho nitro benzene ring substituents is 1. The van der Waals surface area contributed by atoms with Crippen LogP contribution in [0.1, 0.15) is 49.3 Å². The second kappa shape index (κ2) is 7.94. The first-order valence-corrected chi connectivity index (χ1v) is 8.44. The summed E-state index contributed by atoms with van der Waals surface area (Å²) in [5.74, 6) is -1.54. The molecule has 0 unspecified atom stereocenters. The largest absolute Gasteiger partial charge is 0.481 e. The number of rotatable bonds is 8. The minimum Gasteiger partial charge on any atom is -0.481 e. The Bertz CT molecular complexity index is 872. The normalized spacial score (nSPS) is 11.2. The maximum Gasteiger partial charge on any atom is 0.305 e. The predicted molar refractivity (Wildman–Crippen MR) is 95.8 cm³/mol. The molecule has 2 rings (SSSR count). The van der Waals surface area contributed by atoms with Crippen molar-refractivity contribution in [2.24, 2.45) is 0 Å². The summed E-state index contributed by atoms with van der Waals surface area (Å²) < 4.78 is 1.33.